The summed E-state index contributed by atoms with van der Waals surface area (Å²) >= 11 is 0. The molecule has 1 aliphatic heterocycles. The largest absolute Gasteiger partial charge is 0.481 e. The first-order chi connectivity index (χ1) is 14.0. The molecule has 1 aliphatic rings. The number of aliphatic imine (C=N–C) groups is 1. The molecule has 0 aromatic carbocycles. The summed E-state index contributed by atoms with van der Waals surface area (Å²) in [5.41, 5.74) is -0.336. The van der Waals surface area contributed by atoms with E-state index in [1.807, 2.05) is 53.7 Å². The van der Waals surface area contributed by atoms with Crippen LogP contribution in [-0.2, 0) is 16.0 Å². The number of hydrogen-bond donors (Lipinski definition) is 2. The Kier molecular flexibility index (Phi) is 7.52. The maximum absolute atomic E-state index is 12.9. The first kappa shape index (κ1) is 23.7. The summed E-state index contributed by atoms with van der Waals surface area (Å²) in [4.78, 5) is 22.9. The van der Waals surface area contributed by atoms with Gasteiger partial charge in [0.05, 0.1) is 19.3 Å². The van der Waals surface area contributed by atoms with Gasteiger partial charge in [-0.1, -0.05) is 0 Å². The zero-order valence-corrected chi connectivity index (χ0v) is 19.3. The molecule has 9 nitrogen and oxygen atoms in total. The topological polar surface area (TPSA) is 97.3 Å². The zero-order valence-electron chi connectivity index (χ0n) is 19.3. The summed E-state index contributed by atoms with van der Waals surface area (Å²) in [6.07, 6.45) is 1.14. The van der Waals surface area contributed by atoms with Gasteiger partial charge in [0, 0.05) is 32.4 Å². The molecular formula is C21H35N5O4. The quantitative estimate of drug-likeness (QED) is 0.557. The minimum atomic E-state index is -0.765. The van der Waals surface area contributed by atoms with Gasteiger partial charge in [-0.2, -0.15) is 0 Å². The molecular weight excluding hydrogens is 386 g/mol. The molecule has 1 aromatic rings. The van der Waals surface area contributed by atoms with Gasteiger partial charge >= 0.3 is 6.09 Å². The number of ether oxygens (including phenoxy) is 3. The lowest BCUT2D eigenvalue weighted by Gasteiger charge is -2.35. The molecule has 2 unspecified atom stereocenters. The molecule has 2 rings (SSSR count). The lowest BCUT2D eigenvalue weighted by molar-refractivity contribution is -0.0755. The van der Waals surface area contributed by atoms with E-state index in [2.05, 4.69) is 20.6 Å². The van der Waals surface area contributed by atoms with Crippen LogP contribution in [0.4, 0.5) is 4.79 Å². The van der Waals surface area contributed by atoms with Gasteiger partial charge in [-0.05, 0) is 53.2 Å². The molecule has 1 amide bonds. The van der Waals surface area contributed by atoms with Crippen LogP contribution in [-0.4, -0.2) is 66.1 Å². The Morgan fingerprint density at radius 1 is 1.37 bits per heavy atom. The molecule has 2 atom stereocenters. The molecule has 0 spiro atoms. The van der Waals surface area contributed by atoms with E-state index in [9.17, 15) is 4.79 Å². The van der Waals surface area contributed by atoms with E-state index in [1.54, 1.807) is 25.3 Å². The molecule has 0 saturated carbocycles. The normalized spacial score (nSPS) is 21.3. The van der Waals surface area contributed by atoms with Gasteiger partial charge in [0.25, 0.3) is 0 Å². The summed E-state index contributed by atoms with van der Waals surface area (Å²) in [5.74, 6) is 1.18. The van der Waals surface area contributed by atoms with Gasteiger partial charge in [-0.25, -0.2) is 9.78 Å². The molecule has 168 valence electrons. The minimum Gasteiger partial charge on any atom is -0.481 e. The van der Waals surface area contributed by atoms with Crippen LogP contribution in [0.1, 0.15) is 47.1 Å². The van der Waals surface area contributed by atoms with Crippen molar-refractivity contribution in [2.45, 2.75) is 71.6 Å². The molecule has 30 heavy (non-hydrogen) atoms. The smallest absolute Gasteiger partial charge is 0.412 e. The van der Waals surface area contributed by atoms with Gasteiger partial charge in [-0.3, -0.25) is 9.89 Å². The molecule has 2 heterocycles. The van der Waals surface area contributed by atoms with Crippen LogP contribution in [0.15, 0.2) is 23.3 Å². The fourth-order valence-electron chi connectivity index (χ4n) is 3.40. The predicted molar refractivity (Wildman–Crippen MR) is 115 cm³/mol. The molecule has 9 heteroatoms. The minimum absolute atomic E-state index is 0.164. The third-order valence-electron chi connectivity index (χ3n) is 4.69. The van der Waals surface area contributed by atoms with E-state index in [1.165, 1.54) is 0 Å². The van der Waals surface area contributed by atoms with E-state index in [4.69, 9.17) is 14.2 Å². The third kappa shape index (κ3) is 6.22. The molecule has 0 aliphatic carbocycles. The SMILES string of the molecule is CN=C(NCc1ccnc(OC)c1)NCC1C(C)OC(C)(C)N1C(=O)OC(C)(C)C. The Labute approximate surface area is 179 Å². The average molecular weight is 422 g/mol. The molecule has 1 saturated heterocycles. The monoisotopic (exact) mass is 421 g/mol. The van der Waals surface area contributed by atoms with Crippen molar-refractivity contribution >= 4 is 12.1 Å². The van der Waals surface area contributed by atoms with E-state index >= 15 is 0 Å². The number of pyridine rings is 1. The Morgan fingerprint density at radius 2 is 2.07 bits per heavy atom. The van der Waals surface area contributed by atoms with E-state index in [0.29, 0.717) is 24.9 Å². The summed E-state index contributed by atoms with van der Waals surface area (Å²) in [6, 6.07) is 3.55. The standard InChI is InChI=1S/C21H35N5O4/c1-14-16(26(21(5,6)29-14)19(27)30-20(2,3)4)13-25-18(22-7)24-12-15-9-10-23-17(11-15)28-8/h9-11,14,16H,12-13H2,1-8H3,(H2,22,24,25). The second kappa shape index (κ2) is 9.51. The highest BCUT2D eigenvalue weighted by molar-refractivity contribution is 5.79. The highest BCUT2D eigenvalue weighted by Gasteiger charge is 2.49. The van der Waals surface area contributed by atoms with E-state index < -0.39 is 17.4 Å². The summed E-state index contributed by atoms with van der Waals surface area (Å²) < 4.78 is 16.8. The van der Waals surface area contributed by atoms with Crippen LogP contribution < -0.4 is 15.4 Å². The highest BCUT2D eigenvalue weighted by Crippen LogP contribution is 2.33. The van der Waals surface area contributed by atoms with Crippen molar-refractivity contribution < 1.29 is 19.0 Å². The summed E-state index contributed by atoms with van der Waals surface area (Å²) in [5, 5.41) is 6.55. The number of nitrogens with zero attached hydrogens (tertiary/aromatic N) is 3. The van der Waals surface area contributed by atoms with Gasteiger partial charge in [-0.15, -0.1) is 0 Å². The number of carbonyl (C=O) groups is 1. The number of hydrogen-bond acceptors (Lipinski definition) is 6. The first-order valence-electron chi connectivity index (χ1n) is 10.1. The molecule has 0 radical (unpaired) electrons. The second-order valence-corrected chi connectivity index (χ2v) is 8.70. The predicted octanol–water partition coefficient (Wildman–Crippen LogP) is 2.52. The van der Waals surface area contributed by atoms with Crippen LogP contribution in [0, 0.1) is 0 Å². The van der Waals surface area contributed by atoms with E-state index in [0.717, 1.165) is 5.56 Å². The number of methoxy groups -OCH3 is 1. The third-order valence-corrected chi connectivity index (χ3v) is 4.69. The van der Waals surface area contributed by atoms with Gasteiger partial charge in [0.2, 0.25) is 5.88 Å². The van der Waals surface area contributed by atoms with Crippen molar-refractivity contribution in [1.82, 2.24) is 20.5 Å². The van der Waals surface area contributed by atoms with Crippen LogP contribution in [0.3, 0.4) is 0 Å². The molecule has 1 fully saturated rings. The number of rotatable bonds is 5. The van der Waals surface area contributed by atoms with Crippen molar-refractivity contribution in [2.75, 3.05) is 20.7 Å². The second-order valence-electron chi connectivity index (χ2n) is 8.70. The lowest BCUT2D eigenvalue weighted by Crippen LogP contribution is -2.54. The van der Waals surface area contributed by atoms with Crippen molar-refractivity contribution in [3.05, 3.63) is 23.9 Å². The Morgan fingerprint density at radius 3 is 2.67 bits per heavy atom. The summed E-state index contributed by atoms with van der Waals surface area (Å²) in [6.45, 7) is 12.3. The highest BCUT2D eigenvalue weighted by atomic mass is 16.6. The van der Waals surface area contributed by atoms with E-state index in [-0.39, 0.29) is 12.1 Å². The Bertz CT molecular complexity index is 760. The van der Waals surface area contributed by atoms with Crippen LogP contribution >= 0.6 is 0 Å². The lowest BCUT2D eigenvalue weighted by atomic mass is 10.1. The first-order valence-corrected chi connectivity index (χ1v) is 10.1. The number of nitrogens with one attached hydrogen (secondary N) is 2. The van der Waals surface area contributed by atoms with Crippen LogP contribution in [0.5, 0.6) is 5.88 Å². The van der Waals surface area contributed by atoms with Crippen molar-refractivity contribution in [3.8, 4) is 5.88 Å². The Hall–Kier alpha value is -2.55. The average Bonchev–Trinajstić information content (AvgIpc) is 2.88. The fourth-order valence-corrected chi connectivity index (χ4v) is 3.40. The molecule has 0 bridgehead atoms. The van der Waals surface area contributed by atoms with Crippen LogP contribution in [0.25, 0.3) is 0 Å². The van der Waals surface area contributed by atoms with Gasteiger partial charge in [0.15, 0.2) is 5.96 Å². The number of aromatic nitrogens is 1. The van der Waals surface area contributed by atoms with Crippen molar-refractivity contribution in [1.29, 1.82) is 0 Å². The number of amides is 1. The number of carbonyl (C=O) groups excluding carboxylic acids is 1. The Balaban J connectivity index is 2.02. The van der Waals surface area contributed by atoms with Crippen molar-refractivity contribution in [3.63, 3.8) is 0 Å². The fraction of sp³-hybridized carbons (Fsp3) is 0.667. The number of guanidine groups is 1. The maximum atomic E-state index is 12.9. The van der Waals surface area contributed by atoms with Crippen molar-refractivity contribution in [2.24, 2.45) is 4.99 Å². The molecule has 2 N–H and O–H groups in total. The van der Waals surface area contributed by atoms with Gasteiger partial charge in [0.1, 0.15) is 11.3 Å². The zero-order chi connectivity index (χ0) is 22.5. The maximum Gasteiger partial charge on any atom is 0.412 e. The molecule has 1 aromatic heterocycles. The van der Waals surface area contributed by atoms with Crippen LogP contribution in [0.2, 0.25) is 0 Å². The van der Waals surface area contributed by atoms with Gasteiger partial charge < -0.3 is 24.8 Å². The summed E-state index contributed by atoms with van der Waals surface area (Å²) in [7, 11) is 3.29.